The van der Waals surface area contributed by atoms with E-state index in [2.05, 4.69) is 20.7 Å². The predicted molar refractivity (Wildman–Crippen MR) is 76.8 cm³/mol. The van der Waals surface area contributed by atoms with E-state index in [0.29, 0.717) is 18.8 Å². The number of fused-ring (bicyclic) bond motifs is 1. The van der Waals surface area contributed by atoms with Gasteiger partial charge in [0.15, 0.2) is 0 Å². The molecule has 0 bridgehead atoms. The lowest BCUT2D eigenvalue weighted by Crippen LogP contribution is -2.29. The van der Waals surface area contributed by atoms with E-state index in [-0.39, 0.29) is 23.8 Å². The number of hydrogen-bond acceptors (Lipinski definition) is 4. The largest absolute Gasteiger partial charge is 0.295 e. The first-order chi connectivity index (χ1) is 10.2. The van der Waals surface area contributed by atoms with Crippen molar-refractivity contribution in [1.82, 2.24) is 14.8 Å². The number of aromatic nitrogens is 3. The quantitative estimate of drug-likeness (QED) is 0.895. The van der Waals surface area contributed by atoms with Crippen LogP contribution in [0.25, 0.3) is 0 Å². The number of anilines is 2. The van der Waals surface area contributed by atoms with E-state index < -0.39 is 0 Å². The van der Waals surface area contributed by atoms with Gasteiger partial charge >= 0.3 is 0 Å². The van der Waals surface area contributed by atoms with Crippen LogP contribution >= 0.6 is 0 Å². The number of benzene rings is 1. The molecular formula is C14H15N5O2. The zero-order valence-electron chi connectivity index (χ0n) is 11.5. The number of carbonyl (C=O) groups excluding carboxylic acids is 2. The van der Waals surface area contributed by atoms with Crippen LogP contribution in [0.3, 0.4) is 0 Å². The maximum atomic E-state index is 11.8. The van der Waals surface area contributed by atoms with Crippen molar-refractivity contribution in [2.24, 2.45) is 0 Å². The molecule has 0 saturated carbocycles. The van der Waals surface area contributed by atoms with E-state index in [0.717, 1.165) is 5.56 Å². The smallest absolute Gasteiger partial charge is 0.250 e. The molecule has 2 heterocycles. The number of nitrogens with one attached hydrogen (secondary N) is 2. The van der Waals surface area contributed by atoms with E-state index in [9.17, 15) is 9.59 Å². The van der Waals surface area contributed by atoms with Crippen molar-refractivity contribution in [3.8, 4) is 0 Å². The number of carbonyl (C=O) groups is 2. The second-order valence-electron chi connectivity index (χ2n) is 4.78. The van der Waals surface area contributed by atoms with Crippen LogP contribution in [0.1, 0.15) is 31.4 Å². The van der Waals surface area contributed by atoms with Crippen molar-refractivity contribution in [3.05, 3.63) is 35.9 Å². The average Bonchev–Trinajstić information content (AvgIpc) is 2.89. The Hall–Kier alpha value is -2.70. The Labute approximate surface area is 121 Å². The van der Waals surface area contributed by atoms with Gasteiger partial charge in [0.2, 0.25) is 17.8 Å². The first-order valence-corrected chi connectivity index (χ1v) is 6.78. The summed E-state index contributed by atoms with van der Waals surface area (Å²) >= 11 is 0. The summed E-state index contributed by atoms with van der Waals surface area (Å²) in [5, 5.41) is 9.56. The molecule has 2 aromatic rings. The topological polar surface area (TPSA) is 88.9 Å². The molecule has 7 heteroatoms. The van der Waals surface area contributed by atoms with Gasteiger partial charge in [0, 0.05) is 6.42 Å². The normalized spacial score (nSPS) is 17.0. The lowest BCUT2D eigenvalue weighted by atomic mass is 10.0. The molecule has 0 aliphatic carbocycles. The molecular weight excluding hydrogens is 270 g/mol. The van der Waals surface area contributed by atoms with Gasteiger partial charge < -0.3 is 0 Å². The third-order valence-corrected chi connectivity index (χ3v) is 3.31. The Morgan fingerprint density at radius 3 is 2.90 bits per heavy atom. The Morgan fingerprint density at radius 2 is 2.19 bits per heavy atom. The fourth-order valence-corrected chi connectivity index (χ4v) is 2.26. The molecule has 108 valence electrons. The highest BCUT2D eigenvalue weighted by Gasteiger charge is 2.29. The van der Waals surface area contributed by atoms with Gasteiger partial charge in [-0.2, -0.15) is 4.98 Å². The van der Waals surface area contributed by atoms with E-state index in [1.54, 1.807) is 11.6 Å². The number of hydrogen-bond donors (Lipinski definition) is 2. The van der Waals surface area contributed by atoms with Crippen molar-refractivity contribution in [2.75, 3.05) is 10.6 Å². The summed E-state index contributed by atoms with van der Waals surface area (Å²) in [5.41, 5.74) is 0.979. The fraction of sp³-hybridized carbons (Fsp3) is 0.286. The SMILES string of the molecule is CCC(=O)Nc1nc2n(n1)[C@@H](c1ccccc1)CC(=O)N2. The molecule has 2 amide bonds. The van der Waals surface area contributed by atoms with E-state index >= 15 is 0 Å². The minimum atomic E-state index is -0.213. The lowest BCUT2D eigenvalue weighted by molar-refractivity contribution is -0.117. The first kappa shape index (κ1) is 13.3. The van der Waals surface area contributed by atoms with Crippen LogP contribution in [0, 0.1) is 0 Å². The van der Waals surface area contributed by atoms with Gasteiger partial charge in [0.1, 0.15) is 0 Å². The van der Waals surface area contributed by atoms with Gasteiger partial charge in [-0.3, -0.25) is 20.2 Å². The standard InChI is InChI=1S/C14H15N5O2/c1-2-11(20)15-13-17-14-16-12(21)8-10(19(14)18-13)9-6-4-3-5-7-9/h3-7,10H,2,8H2,1H3,(H2,15,16,17,18,20,21)/t10-/m1/s1. The molecule has 1 atom stereocenters. The second-order valence-corrected chi connectivity index (χ2v) is 4.78. The third-order valence-electron chi connectivity index (χ3n) is 3.31. The summed E-state index contributed by atoms with van der Waals surface area (Å²) in [6, 6.07) is 9.42. The molecule has 3 rings (SSSR count). The molecule has 0 spiro atoms. The van der Waals surface area contributed by atoms with Crippen molar-refractivity contribution < 1.29 is 9.59 Å². The Kier molecular flexibility index (Phi) is 3.39. The highest BCUT2D eigenvalue weighted by atomic mass is 16.2. The summed E-state index contributed by atoms with van der Waals surface area (Å²) < 4.78 is 1.64. The van der Waals surface area contributed by atoms with E-state index in [4.69, 9.17) is 0 Å². The van der Waals surface area contributed by atoms with Crippen LogP contribution in [0.5, 0.6) is 0 Å². The van der Waals surface area contributed by atoms with Gasteiger partial charge in [-0.25, -0.2) is 4.68 Å². The van der Waals surface area contributed by atoms with Crippen molar-refractivity contribution >= 4 is 23.7 Å². The van der Waals surface area contributed by atoms with Crippen molar-refractivity contribution in [2.45, 2.75) is 25.8 Å². The maximum Gasteiger partial charge on any atom is 0.250 e. The van der Waals surface area contributed by atoms with Crippen LogP contribution in [-0.4, -0.2) is 26.6 Å². The zero-order valence-corrected chi connectivity index (χ0v) is 11.5. The van der Waals surface area contributed by atoms with Gasteiger partial charge in [-0.15, -0.1) is 5.10 Å². The highest BCUT2D eigenvalue weighted by Crippen LogP contribution is 2.29. The monoisotopic (exact) mass is 285 g/mol. The molecule has 21 heavy (non-hydrogen) atoms. The summed E-state index contributed by atoms with van der Waals surface area (Å²) in [7, 11) is 0. The van der Waals surface area contributed by atoms with Gasteiger partial charge in [-0.1, -0.05) is 37.3 Å². The zero-order chi connectivity index (χ0) is 14.8. The van der Waals surface area contributed by atoms with Gasteiger partial charge in [0.05, 0.1) is 12.5 Å². The molecule has 2 N–H and O–H groups in total. The summed E-state index contributed by atoms with van der Waals surface area (Å²) in [4.78, 5) is 27.4. The first-order valence-electron chi connectivity index (χ1n) is 6.78. The number of rotatable bonds is 3. The van der Waals surface area contributed by atoms with Crippen molar-refractivity contribution in [1.29, 1.82) is 0 Å². The predicted octanol–water partition coefficient (Wildman–Crippen LogP) is 1.56. The average molecular weight is 285 g/mol. The molecule has 1 aromatic carbocycles. The van der Waals surface area contributed by atoms with Crippen LogP contribution in [0.2, 0.25) is 0 Å². The molecule has 0 radical (unpaired) electrons. The molecule has 7 nitrogen and oxygen atoms in total. The summed E-state index contributed by atoms with van der Waals surface area (Å²) in [6.45, 7) is 1.75. The molecule has 1 aliphatic heterocycles. The molecule has 0 unspecified atom stereocenters. The summed E-state index contributed by atoms with van der Waals surface area (Å²) in [6.07, 6.45) is 0.639. The Balaban J connectivity index is 1.96. The van der Waals surface area contributed by atoms with Gasteiger partial charge in [0.25, 0.3) is 5.95 Å². The highest BCUT2D eigenvalue weighted by molar-refractivity contribution is 5.92. The molecule has 1 aliphatic rings. The minimum absolute atomic E-state index is 0.114. The van der Waals surface area contributed by atoms with Crippen LogP contribution in [-0.2, 0) is 9.59 Å². The Morgan fingerprint density at radius 1 is 1.43 bits per heavy atom. The van der Waals surface area contributed by atoms with E-state index in [1.165, 1.54) is 0 Å². The molecule has 1 aromatic heterocycles. The van der Waals surface area contributed by atoms with Crippen LogP contribution in [0.15, 0.2) is 30.3 Å². The lowest BCUT2D eigenvalue weighted by Gasteiger charge is -2.23. The maximum absolute atomic E-state index is 11.8. The van der Waals surface area contributed by atoms with Gasteiger partial charge in [-0.05, 0) is 5.56 Å². The number of nitrogens with zero attached hydrogens (tertiary/aromatic N) is 3. The summed E-state index contributed by atoms with van der Waals surface area (Å²) in [5.74, 6) is 0.282. The van der Waals surface area contributed by atoms with Crippen LogP contribution in [0.4, 0.5) is 11.9 Å². The Bertz CT molecular complexity index is 680. The van der Waals surface area contributed by atoms with Crippen LogP contribution < -0.4 is 10.6 Å². The minimum Gasteiger partial charge on any atom is -0.295 e. The third kappa shape index (κ3) is 2.62. The molecule has 0 saturated heterocycles. The van der Waals surface area contributed by atoms with Crippen molar-refractivity contribution in [3.63, 3.8) is 0 Å². The molecule has 0 fully saturated rings. The second kappa shape index (κ2) is 5.35. The fourth-order valence-electron chi connectivity index (χ4n) is 2.26. The van der Waals surface area contributed by atoms with E-state index in [1.807, 2.05) is 30.3 Å². The number of amides is 2.